The van der Waals surface area contributed by atoms with E-state index >= 15 is 0 Å². The molecular formula is C20H24O8. The van der Waals surface area contributed by atoms with E-state index in [-0.39, 0.29) is 0 Å². The second-order valence-electron chi connectivity index (χ2n) is 3.78. The Hall–Kier alpha value is -4.20. The molecule has 0 aliphatic rings. The summed E-state index contributed by atoms with van der Waals surface area (Å²) < 4.78 is 0. The van der Waals surface area contributed by atoms with E-state index in [1.165, 1.54) is 5.56 Å². The van der Waals surface area contributed by atoms with E-state index in [9.17, 15) is 19.2 Å². The van der Waals surface area contributed by atoms with Crippen LogP contribution < -0.4 is 0 Å². The van der Waals surface area contributed by atoms with Crippen molar-refractivity contribution < 1.29 is 39.6 Å². The van der Waals surface area contributed by atoms with Crippen molar-refractivity contribution in [2.24, 2.45) is 0 Å². The summed E-state index contributed by atoms with van der Waals surface area (Å²) in [6.07, 6.45) is 5.17. The molecule has 0 heterocycles. The van der Waals surface area contributed by atoms with Gasteiger partial charge in [-0.05, 0) is 5.56 Å². The Bertz CT molecular complexity index is 573. The maximum absolute atomic E-state index is 9.25. The Morgan fingerprint density at radius 1 is 0.571 bits per heavy atom. The molecule has 152 valence electrons. The lowest BCUT2D eigenvalue weighted by Gasteiger charge is -1.85. The molecule has 0 fully saturated rings. The highest BCUT2D eigenvalue weighted by molar-refractivity contribution is 5.79. The van der Waals surface area contributed by atoms with Crippen LogP contribution >= 0.6 is 0 Å². The van der Waals surface area contributed by atoms with Gasteiger partial charge >= 0.3 is 23.9 Å². The number of benzene rings is 1. The zero-order valence-corrected chi connectivity index (χ0v) is 15.2. The summed E-state index contributed by atoms with van der Waals surface area (Å²) >= 11 is 0. The standard InChI is InChI=1S/C8H8.4C3H4O2/c1-2-8-6-4-3-5-7-8;4*1-2-3(4)5/h2-7H,1H2;4*2H,1H2,(H,4,5). The maximum Gasteiger partial charge on any atom is 0.327 e. The lowest BCUT2D eigenvalue weighted by Crippen LogP contribution is -1.82. The van der Waals surface area contributed by atoms with Crippen LogP contribution in [0.25, 0.3) is 6.08 Å². The Morgan fingerprint density at radius 2 is 0.786 bits per heavy atom. The fraction of sp³-hybridized carbons (Fsp3) is 0. The Labute approximate surface area is 163 Å². The number of carbonyl (C=O) groups is 4. The number of rotatable bonds is 5. The van der Waals surface area contributed by atoms with Crippen LogP contribution in [-0.4, -0.2) is 44.3 Å². The molecule has 1 aromatic carbocycles. The van der Waals surface area contributed by atoms with Crippen molar-refractivity contribution in [1.82, 2.24) is 0 Å². The average molecular weight is 392 g/mol. The highest BCUT2D eigenvalue weighted by Crippen LogP contribution is 1.97. The number of carboxylic acid groups (broad SMARTS) is 4. The van der Waals surface area contributed by atoms with Gasteiger partial charge in [0.25, 0.3) is 0 Å². The third-order valence-electron chi connectivity index (χ3n) is 1.73. The molecule has 0 unspecified atom stereocenters. The minimum absolute atomic E-state index is 0.833. The largest absolute Gasteiger partial charge is 0.478 e. The van der Waals surface area contributed by atoms with Gasteiger partial charge in [-0.2, -0.15) is 0 Å². The normalized spacial score (nSPS) is 7.00. The molecule has 0 aromatic heterocycles. The highest BCUT2D eigenvalue weighted by atomic mass is 16.4. The van der Waals surface area contributed by atoms with Gasteiger partial charge in [0.05, 0.1) is 0 Å². The molecule has 1 rings (SSSR count). The van der Waals surface area contributed by atoms with Gasteiger partial charge in [0.2, 0.25) is 0 Å². The van der Waals surface area contributed by atoms with Crippen LogP contribution in [0.4, 0.5) is 0 Å². The lowest BCUT2D eigenvalue weighted by atomic mass is 10.2. The summed E-state index contributed by atoms with van der Waals surface area (Å²) in [5.74, 6) is -3.93. The van der Waals surface area contributed by atoms with Gasteiger partial charge in [0.1, 0.15) is 0 Å². The minimum atomic E-state index is -0.981. The zero-order chi connectivity index (χ0) is 23.0. The smallest absolute Gasteiger partial charge is 0.327 e. The van der Waals surface area contributed by atoms with Gasteiger partial charge < -0.3 is 20.4 Å². The summed E-state index contributed by atoms with van der Waals surface area (Å²) in [5, 5.41) is 30.4. The fourth-order valence-corrected chi connectivity index (χ4v) is 0.589. The monoisotopic (exact) mass is 392 g/mol. The molecule has 0 bridgehead atoms. The van der Waals surface area contributed by atoms with Crippen LogP contribution in [0, 0.1) is 0 Å². The molecule has 8 heteroatoms. The SMILES string of the molecule is C=CC(=O)O.C=CC(=O)O.C=CC(=O)O.C=CC(=O)O.C=Cc1ccccc1. The first kappa shape index (κ1) is 31.6. The first-order valence-electron chi connectivity index (χ1n) is 7.11. The minimum Gasteiger partial charge on any atom is -0.478 e. The van der Waals surface area contributed by atoms with Crippen LogP contribution in [-0.2, 0) is 19.2 Å². The van der Waals surface area contributed by atoms with Gasteiger partial charge in [-0.3, -0.25) is 0 Å². The van der Waals surface area contributed by atoms with Crippen LogP contribution in [0.2, 0.25) is 0 Å². The Morgan fingerprint density at radius 3 is 0.893 bits per heavy atom. The number of hydrogen-bond acceptors (Lipinski definition) is 4. The summed E-state index contributed by atoms with van der Waals surface area (Å²) in [6.45, 7) is 15.5. The van der Waals surface area contributed by atoms with Crippen LogP contribution in [0.5, 0.6) is 0 Å². The molecule has 0 amide bonds. The molecule has 28 heavy (non-hydrogen) atoms. The van der Waals surface area contributed by atoms with Gasteiger partial charge in [0.15, 0.2) is 0 Å². The number of aliphatic carboxylic acids is 4. The second kappa shape index (κ2) is 25.0. The molecule has 0 atom stereocenters. The van der Waals surface area contributed by atoms with Crippen molar-refractivity contribution in [1.29, 1.82) is 0 Å². The third-order valence-corrected chi connectivity index (χ3v) is 1.73. The molecule has 8 nitrogen and oxygen atoms in total. The van der Waals surface area contributed by atoms with E-state index in [4.69, 9.17) is 20.4 Å². The quantitative estimate of drug-likeness (QED) is 0.557. The topological polar surface area (TPSA) is 149 Å². The summed E-state index contributed by atoms with van der Waals surface area (Å²) in [7, 11) is 0. The predicted octanol–water partition coefficient (Wildman–Crippen LogP) is 3.36. The van der Waals surface area contributed by atoms with Crippen LogP contribution in [0.15, 0.2) is 87.5 Å². The molecule has 0 radical (unpaired) electrons. The van der Waals surface area contributed by atoms with Crippen molar-refractivity contribution in [3.8, 4) is 0 Å². The van der Waals surface area contributed by atoms with Crippen molar-refractivity contribution in [3.63, 3.8) is 0 Å². The number of carboxylic acids is 4. The molecular weight excluding hydrogens is 368 g/mol. The molecule has 0 aliphatic heterocycles. The maximum atomic E-state index is 9.25. The van der Waals surface area contributed by atoms with Crippen LogP contribution in [0.3, 0.4) is 0 Å². The van der Waals surface area contributed by atoms with Crippen molar-refractivity contribution in [3.05, 3.63) is 93.1 Å². The third kappa shape index (κ3) is 49.5. The molecule has 4 N–H and O–H groups in total. The first-order valence-corrected chi connectivity index (χ1v) is 7.11. The fourth-order valence-electron chi connectivity index (χ4n) is 0.589. The molecule has 0 saturated carbocycles. The number of hydrogen-bond donors (Lipinski definition) is 4. The molecule has 0 saturated heterocycles. The van der Waals surface area contributed by atoms with E-state index in [1.807, 2.05) is 36.4 Å². The second-order valence-corrected chi connectivity index (χ2v) is 3.78. The van der Waals surface area contributed by atoms with Crippen LogP contribution in [0.1, 0.15) is 5.56 Å². The average Bonchev–Trinajstić information content (AvgIpc) is 2.70. The van der Waals surface area contributed by atoms with Gasteiger partial charge in [0, 0.05) is 24.3 Å². The van der Waals surface area contributed by atoms with Gasteiger partial charge in [-0.1, -0.05) is 69.3 Å². The predicted molar refractivity (Wildman–Crippen MR) is 108 cm³/mol. The zero-order valence-electron chi connectivity index (χ0n) is 15.2. The highest BCUT2D eigenvalue weighted by Gasteiger charge is 1.76. The van der Waals surface area contributed by atoms with Gasteiger partial charge in [-0.15, -0.1) is 0 Å². The summed E-state index contributed by atoms with van der Waals surface area (Å²) in [5.41, 5.74) is 1.17. The molecule has 1 aromatic rings. The van der Waals surface area contributed by atoms with Crippen molar-refractivity contribution in [2.75, 3.05) is 0 Å². The van der Waals surface area contributed by atoms with E-state index in [0.717, 1.165) is 24.3 Å². The molecule has 0 spiro atoms. The van der Waals surface area contributed by atoms with Crippen molar-refractivity contribution in [2.45, 2.75) is 0 Å². The lowest BCUT2D eigenvalue weighted by molar-refractivity contribution is -0.132. The Kier molecular flexibility index (Phi) is 28.2. The van der Waals surface area contributed by atoms with Crippen molar-refractivity contribution >= 4 is 30.0 Å². The summed E-state index contributed by atoms with van der Waals surface area (Å²) in [6, 6.07) is 10.0. The van der Waals surface area contributed by atoms with E-state index in [0.29, 0.717) is 0 Å². The Balaban J connectivity index is -0.000000131. The van der Waals surface area contributed by atoms with E-state index < -0.39 is 23.9 Å². The summed E-state index contributed by atoms with van der Waals surface area (Å²) in [4.78, 5) is 37.0. The van der Waals surface area contributed by atoms with Gasteiger partial charge in [-0.25, -0.2) is 19.2 Å². The van der Waals surface area contributed by atoms with E-state index in [2.05, 4.69) is 32.9 Å². The molecule has 0 aliphatic carbocycles. The van der Waals surface area contributed by atoms with E-state index in [1.54, 1.807) is 0 Å². The first-order chi connectivity index (χ1) is 13.0.